The van der Waals surface area contributed by atoms with E-state index in [1.165, 1.54) is 36.9 Å². The molecule has 2 heterocycles. The van der Waals surface area contributed by atoms with Crippen molar-refractivity contribution in [3.05, 3.63) is 63.6 Å². The van der Waals surface area contributed by atoms with E-state index < -0.39 is 0 Å². The average molecular weight is 414 g/mol. The predicted molar refractivity (Wildman–Crippen MR) is 120 cm³/mol. The molecular weight excluding hydrogens is 386 g/mol. The van der Waals surface area contributed by atoms with Crippen molar-refractivity contribution in [1.82, 2.24) is 9.88 Å². The summed E-state index contributed by atoms with van der Waals surface area (Å²) in [5.74, 6) is -0.383. The van der Waals surface area contributed by atoms with E-state index >= 15 is 0 Å². The third-order valence-electron chi connectivity index (χ3n) is 6.29. The van der Waals surface area contributed by atoms with Crippen LogP contribution >= 0.6 is 12.4 Å². The van der Waals surface area contributed by atoms with E-state index in [9.17, 15) is 4.79 Å². The number of oxazole rings is 1. The molecule has 1 N–H and O–H groups in total. The van der Waals surface area contributed by atoms with Crippen molar-refractivity contribution in [2.45, 2.75) is 32.1 Å². The van der Waals surface area contributed by atoms with Crippen molar-refractivity contribution >= 4 is 29.2 Å². The molecule has 0 amide bonds. The molecule has 0 radical (unpaired) electrons. The van der Waals surface area contributed by atoms with Crippen molar-refractivity contribution in [2.75, 3.05) is 37.6 Å². The number of benzene rings is 2. The number of hydrogen-bond donors (Lipinski definition) is 1. The molecule has 2 aliphatic rings. The molecule has 0 spiro atoms. The minimum Gasteiger partial charge on any atom is -0.408 e. The third-order valence-corrected chi connectivity index (χ3v) is 6.29. The number of rotatable bonds is 4. The Bertz CT molecular complexity index is 1030. The lowest BCUT2D eigenvalue weighted by molar-refractivity contribution is 0.261. The van der Waals surface area contributed by atoms with E-state index in [-0.39, 0.29) is 18.2 Å². The van der Waals surface area contributed by atoms with Crippen LogP contribution < -0.4 is 10.7 Å². The Labute approximate surface area is 177 Å². The fourth-order valence-electron chi connectivity index (χ4n) is 4.70. The maximum absolute atomic E-state index is 11.3. The number of aromatic amines is 1. The van der Waals surface area contributed by atoms with E-state index in [2.05, 4.69) is 39.0 Å². The molecule has 1 fully saturated rings. The quantitative estimate of drug-likeness (QED) is 0.707. The van der Waals surface area contributed by atoms with Crippen LogP contribution in [0.1, 0.15) is 29.5 Å². The summed E-state index contributed by atoms with van der Waals surface area (Å²) in [6.07, 6.45) is 6.13. The Hall–Kier alpha value is -2.24. The van der Waals surface area contributed by atoms with Gasteiger partial charge in [0.2, 0.25) is 0 Å². The predicted octanol–water partition coefficient (Wildman–Crippen LogP) is 3.79. The Kier molecular flexibility index (Phi) is 5.97. The molecular formula is C23H28ClN3O2. The maximum atomic E-state index is 11.3. The van der Waals surface area contributed by atoms with Gasteiger partial charge in [-0.1, -0.05) is 18.2 Å². The zero-order valence-corrected chi connectivity index (χ0v) is 17.5. The highest BCUT2D eigenvalue weighted by Crippen LogP contribution is 2.31. The van der Waals surface area contributed by atoms with Crippen LogP contribution in [0.25, 0.3) is 11.1 Å². The number of nitrogens with zero attached hydrogens (tertiary/aromatic N) is 2. The lowest BCUT2D eigenvalue weighted by Crippen LogP contribution is -2.47. The molecule has 6 heteroatoms. The average Bonchev–Trinajstić information content (AvgIpc) is 3.11. The highest BCUT2D eigenvalue weighted by atomic mass is 35.5. The highest BCUT2D eigenvalue weighted by Gasteiger charge is 2.21. The number of anilines is 1. The third kappa shape index (κ3) is 4.21. The second-order valence-corrected chi connectivity index (χ2v) is 8.05. The molecule has 29 heavy (non-hydrogen) atoms. The van der Waals surface area contributed by atoms with E-state index in [0.29, 0.717) is 5.58 Å². The molecule has 154 valence electrons. The molecule has 1 saturated heterocycles. The summed E-state index contributed by atoms with van der Waals surface area (Å²) >= 11 is 0. The number of aryl methyl sites for hydroxylation is 1. The van der Waals surface area contributed by atoms with Crippen LogP contribution in [0.15, 0.2) is 45.6 Å². The van der Waals surface area contributed by atoms with Gasteiger partial charge >= 0.3 is 5.76 Å². The van der Waals surface area contributed by atoms with Crippen molar-refractivity contribution in [3.8, 4) is 0 Å². The molecule has 1 aliphatic heterocycles. The van der Waals surface area contributed by atoms with Gasteiger partial charge in [-0.2, -0.15) is 0 Å². The molecule has 5 nitrogen and oxygen atoms in total. The molecule has 0 atom stereocenters. The molecule has 1 aliphatic carbocycles. The van der Waals surface area contributed by atoms with Crippen LogP contribution in [0.2, 0.25) is 0 Å². The zero-order valence-electron chi connectivity index (χ0n) is 16.7. The number of halogens is 1. The van der Waals surface area contributed by atoms with Gasteiger partial charge in [-0.05, 0) is 67.0 Å². The number of aromatic nitrogens is 1. The number of nitrogens with one attached hydrogen (secondary N) is 1. The Balaban J connectivity index is 0.00000205. The Morgan fingerprint density at radius 3 is 2.69 bits per heavy atom. The Morgan fingerprint density at radius 1 is 1.00 bits per heavy atom. The van der Waals surface area contributed by atoms with Gasteiger partial charge in [0.05, 0.1) is 5.52 Å². The van der Waals surface area contributed by atoms with Gasteiger partial charge in [0.15, 0.2) is 5.58 Å². The summed E-state index contributed by atoms with van der Waals surface area (Å²) in [4.78, 5) is 19.1. The van der Waals surface area contributed by atoms with Gasteiger partial charge < -0.3 is 9.32 Å². The maximum Gasteiger partial charge on any atom is 0.417 e. The second-order valence-electron chi connectivity index (χ2n) is 8.05. The SMILES string of the molecule is Cl.O=c1[nH]c2ccc(CCN3CCN(c4cccc5c4CCCC5)CC3)cc2o1. The first-order valence-corrected chi connectivity index (χ1v) is 10.5. The van der Waals surface area contributed by atoms with Crippen LogP contribution in [0.3, 0.4) is 0 Å². The van der Waals surface area contributed by atoms with E-state index in [4.69, 9.17) is 4.42 Å². The van der Waals surface area contributed by atoms with Crippen LogP contribution in [0, 0.1) is 0 Å². The van der Waals surface area contributed by atoms with Crippen molar-refractivity contribution in [2.24, 2.45) is 0 Å². The first kappa shape index (κ1) is 20.0. The summed E-state index contributed by atoms with van der Waals surface area (Å²) in [5.41, 5.74) is 7.29. The van der Waals surface area contributed by atoms with E-state index in [1.807, 2.05) is 12.1 Å². The molecule has 2 aromatic carbocycles. The molecule has 0 saturated carbocycles. The van der Waals surface area contributed by atoms with Gasteiger partial charge in [-0.15, -0.1) is 12.4 Å². The van der Waals surface area contributed by atoms with Crippen LogP contribution in [0.4, 0.5) is 5.69 Å². The van der Waals surface area contributed by atoms with Gasteiger partial charge in [-0.3, -0.25) is 9.88 Å². The fourth-order valence-corrected chi connectivity index (χ4v) is 4.70. The summed E-state index contributed by atoms with van der Waals surface area (Å²) in [7, 11) is 0. The minimum atomic E-state index is -0.383. The van der Waals surface area contributed by atoms with Crippen molar-refractivity contribution in [3.63, 3.8) is 0 Å². The second kappa shape index (κ2) is 8.64. The first-order chi connectivity index (χ1) is 13.8. The molecule has 5 rings (SSSR count). The van der Waals surface area contributed by atoms with Crippen LogP contribution in [-0.2, 0) is 19.3 Å². The monoisotopic (exact) mass is 413 g/mol. The molecule has 0 bridgehead atoms. The van der Waals surface area contributed by atoms with Gasteiger partial charge in [-0.25, -0.2) is 4.79 Å². The van der Waals surface area contributed by atoms with Gasteiger partial charge in [0.25, 0.3) is 0 Å². The van der Waals surface area contributed by atoms with Crippen LogP contribution in [-0.4, -0.2) is 42.6 Å². The summed E-state index contributed by atoms with van der Waals surface area (Å²) in [6, 6.07) is 12.9. The van der Waals surface area contributed by atoms with E-state index in [1.54, 1.807) is 11.1 Å². The minimum absolute atomic E-state index is 0. The summed E-state index contributed by atoms with van der Waals surface area (Å²) in [6.45, 7) is 5.45. The first-order valence-electron chi connectivity index (χ1n) is 10.5. The van der Waals surface area contributed by atoms with Crippen molar-refractivity contribution < 1.29 is 4.42 Å². The zero-order chi connectivity index (χ0) is 18.9. The number of hydrogen-bond acceptors (Lipinski definition) is 4. The highest BCUT2D eigenvalue weighted by molar-refractivity contribution is 5.85. The van der Waals surface area contributed by atoms with Crippen molar-refractivity contribution in [1.29, 1.82) is 0 Å². The lowest BCUT2D eigenvalue weighted by Gasteiger charge is -2.38. The lowest BCUT2D eigenvalue weighted by atomic mass is 9.90. The summed E-state index contributed by atoms with van der Waals surface area (Å²) in [5, 5.41) is 0. The normalized spacial score (nSPS) is 17.2. The molecule has 0 unspecified atom stereocenters. The van der Waals surface area contributed by atoms with Gasteiger partial charge in [0, 0.05) is 38.4 Å². The number of piperazine rings is 1. The number of fused-ring (bicyclic) bond motifs is 2. The standard InChI is InChI=1S/C23H27N3O2.ClH/c27-23-24-20-9-8-17(16-22(20)28-23)10-11-25-12-14-26(15-13-25)21-7-3-5-18-4-1-2-6-19(18)21;/h3,5,7-9,16H,1-2,4,6,10-15H2,(H,24,27);1H. The summed E-state index contributed by atoms with van der Waals surface area (Å²) < 4.78 is 5.18. The Morgan fingerprint density at radius 2 is 1.83 bits per heavy atom. The molecule has 1 aromatic heterocycles. The fraction of sp³-hybridized carbons (Fsp3) is 0.435. The molecule has 3 aromatic rings. The largest absolute Gasteiger partial charge is 0.417 e. The smallest absolute Gasteiger partial charge is 0.408 e. The van der Waals surface area contributed by atoms with Gasteiger partial charge in [0.1, 0.15) is 0 Å². The topological polar surface area (TPSA) is 52.5 Å². The van der Waals surface area contributed by atoms with Crippen LogP contribution in [0.5, 0.6) is 0 Å². The van der Waals surface area contributed by atoms with E-state index in [0.717, 1.165) is 44.7 Å². The number of H-pyrrole nitrogens is 1.